The second-order valence-corrected chi connectivity index (χ2v) is 9.05. The molecule has 2 aliphatic rings. The van der Waals surface area contributed by atoms with Gasteiger partial charge >= 0.3 is 0 Å². The van der Waals surface area contributed by atoms with E-state index in [9.17, 15) is 8.42 Å². The zero-order chi connectivity index (χ0) is 20.4. The third kappa shape index (κ3) is 4.62. The molecule has 0 aromatic carbocycles. The van der Waals surface area contributed by atoms with Gasteiger partial charge in [0.1, 0.15) is 0 Å². The van der Waals surface area contributed by atoms with Crippen LogP contribution in [0.3, 0.4) is 0 Å². The first-order valence-electron chi connectivity index (χ1n) is 9.55. The monoisotopic (exact) mass is 445 g/mol. The molecule has 29 heavy (non-hydrogen) atoms. The zero-order valence-corrected chi connectivity index (χ0v) is 17.6. The Morgan fingerprint density at radius 1 is 1.34 bits per heavy atom. The second kappa shape index (κ2) is 8.66. The number of hydrogen-bond donors (Lipinski definition) is 2. The summed E-state index contributed by atoms with van der Waals surface area (Å²) in [4.78, 5) is 12.9. The summed E-state index contributed by atoms with van der Waals surface area (Å²) in [5.41, 5.74) is 1.26. The molecule has 2 aliphatic heterocycles. The predicted octanol–water partition coefficient (Wildman–Crippen LogP) is 0.236. The Morgan fingerprint density at radius 3 is 2.97 bits per heavy atom. The number of rotatable bonds is 7. The quantitative estimate of drug-likeness (QED) is 0.581. The van der Waals surface area contributed by atoms with Gasteiger partial charge in [0.2, 0.25) is 5.28 Å². The summed E-state index contributed by atoms with van der Waals surface area (Å²) in [6, 6.07) is -0.109. The molecule has 2 atom stereocenters. The van der Waals surface area contributed by atoms with E-state index in [1.54, 1.807) is 6.33 Å². The first-order valence-corrected chi connectivity index (χ1v) is 11.4. The van der Waals surface area contributed by atoms with E-state index in [2.05, 4.69) is 25.0 Å². The molecule has 0 amide bonds. The number of nitrogens with one attached hydrogen (secondary N) is 2. The van der Waals surface area contributed by atoms with Crippen molar-refractivity contribution >= 4 is 38.8 Å². The summed E-state index contributed by atoms with van der Waals surface area (Å²) in [5, 5.41) is 3.40. The molecular formula is C16H24ClN7O4S. The summed E-state index contributed by atoms with van der Waals surface area (Å²) in [5.74, 6) is 0.511. The van der Waals surface area contributed by atoms with Gasteiger partial charge in [0.25, 0.3) is 10.2 Å². The van der Waals surface area contributed by atoms with Crippen LogP contribution in [0.2, 0.25) is 5.28 Å². The molecule has 0 saturated carbocycles. The molecule has 0 spiro atoms. The van der Waals surface area contributed by atoms with Gasteiger partial charge in [-0.1, -0.05) is 0 Å². The Morgan fingerprint density at radius 2 is 2.21 bits per heavy atom. The molecular weight excluding hydrogens is 422 g/mol. The molecule has 2 fully saturated rings. The highest BCUT2D eigenvalue weighted by Gasteiger charge is 2.32. The lowest BCUT2D eigenvalue weighted by Gasteiger charge is -2.24. The number of imidazole rings is 1. The van der Waals surface area contributed by atoms with E-state index in [-0.39, 0.29) is 24.0 Å². The van der Waals surface area contributed by atoms with Crippen LogP contribution in [0.25, 0.3) is 11.2 Å². The van der Waals surface area contributed by atoms with Crippen molar-refractivity contribution in [2.45, 2.75) is 32.0 Å². The molecule has 2 aromatic heterocycles. The summed E-state index contributed by atoms with van der Waals surface area (Å²) < 4.78 is 41.9. The molecule has 2 N–H and O–H groups in total. The highest BCUT2D eigenvalue weighted by Crippen LogP contribution is 2.24. The Balaban J connectivity index is 1.40. The standard InChI is InChI=1S/C16H24ClN7O4S/c1-2-23-10-18-13-14(21-16(17)22-15(13)23)20-11-3-4-24(8-11)29(25,26)19-7-12-9-27-5-6-28-12/h10-12,19H,2-9H2,1H3,(H,20,21,22)/t11-,12+/m0/s1. The molecule has 0 bridgehead atoms. The van der Waals surface area contributed by atoms with E-state index in [1.807, 2.05) is 11.5 Å². The largest absolute Gasteiger partial charge is 0.376 e. The van der Waals surface area contributed by atoms with Gasteiger partial charge in [-0.2, -0.15) is 27.4 Å². The molecule has 4 heterocycles. The average molecular weight is 446 g/mol. The highest BCUT2D eigenvalue weighted by atomic mass is 35.5. The Hall–Kier alpha value is -1.57. The fraction of sp³-hybridized carbons (Fsp3) is 0.688. The smallest absolute Gasteiger partial charge is 0.279 e. The first-order chi connectivity index (χ1) is 14.0. The molecule has 4 rings (SSSR count). The van der Waals surface area contributed by atoms with Gasteiger partial charge in [0.15, 0.2) is 17.0 Å². The number of nitrogens with zero attached hydrogens (tertiary/aromatic N) is 5. The normalized spacial score (nSPS) is 23.7. The van der Waals surface area contributed by atoms with Crippen LogP contribution < -0.4 is 10.0 Å². The summed E-state index contributed by atoms with van der Waals surface area (Å²) in [6.07, 6.45) is 2.06. The minimum absolute atomic E-state index is 0.109. The van der Waals surface area contributed by atoms with Crippen LogP contribution >= 0.6 is 11.6 Å². The second-order valence-electron chi connectivity index (χ2n) is 6.95. The van der Waals surface area contributed by atoms with Gasteiger partial charge in [0.05, 0.1) is 32.3 Å². The van der Waals surface area contributed by atoms with Gasteiger partial charge in [0, 0.05) is 32.2 Å². The van der Waals surface area contributed by atoms with Gasteiger partial charge < -0.3 is 19.4 Å². The van der Waals surface area contributed by atoms with Crippen molar-refractivity contribution in [2.24, 2.45) is 0 Å². The predicted molar refractivity (Wildman–Crippen MR) is 107 cm³/mol. The van der Waals surface area contributed by atoms with E-state index in [0.29, 0.717) is 62.9 Å². The van der Waals surface area contributed by atoms with Crippen molar-refractivity contribution in [1.82, 2.24) is 28.5 Å². The zero-order valence-electron chi connectivity index (χ0n) is 16.0. The molecule has 0 aliphatic carbocycles. The maximum absolute atomic E-state index is 12.6. The van der Waals surface area contributed by atoms with Crippen molar-refractivity contribution < 1.29 is 17.9 Å². The Bertz CT molecular complexity index is 964. The number of halogens is 1. The lowest BCUT2D eigenvalue weighted by molar-refractivity contribution is -0.0847. The van der Waals surface area contributed by atoms with Crippen molar-refractivity contribution in [2.75, 3.05) is 44.8 Å². The SMILES string of the molecule is CCn1cnc2c(N[C@H]3CCN(S(=O)(=O)NC[C@@H]4COCCO4)C3)nc(Cl)nc21. The maximum Gasteiger partial charge on any atom is 0.279 e. The van der Waals surface area contributed by atoms with Crippen LogP contribution in [-0.2, 0) is 26.2 Å². The highest BCUT2D eigenvalue weighted by molar-refractivity contribution is 7.87. The number of ether oxygens (including phenoxy) is 2. The van der Waals surface area contributed by atoms with Gasteiger partial charge in [-0.15, -0.1) is 0 Å². The van der Waals surface area contributed by atoms with E-state index < -0.39 is 10.2 Å². The average Bonchev–Trinajstić information content (AvgIpc) is 3.34. The topological polar surface area (TPSA) is 124 Å². The van der Waals surface area contributed by atoms with Crippen molar-refractivity contribution in [1.29, 1.82) is 0 Å². The van der Waals surface area contributed by atoms with Gasteiger partial charge in [-0.25, -0.2) is 4.98 Å². The summed E-state index contributed by atoms with van der Waals surface area (Å²) in [7, 11) is -3.61. The lowest BCUT2D eigenvalue weighted by Crippen LogP contribution is -2.45. The van der Waals surface area contributed by atoms with Crippen LogP contribution in [0.5, 0.6) is 0 Å². The third-order valence-electron chi connectivity index (χ3n) is 4.99. The molecule has 13 heteroatoms. The summed E-state index contributed by atoms with van der Waals surface area (Å²) >= 11 is 6.07. The number of aromatic nitrogens is 4. The Labute approximate surface area is 173 Å². The van der Waals surface area contributed by atoms with Crippen LogP contribution in [0, 0.1) is 0 Å². The lowest BCUT2D eigenvalue weighted by atomic mass is 10.2. The molecule has 2 aromatic rings. The number of fused-ring (bicyclic) bond motifs is 1. The molecule has 11 nitrogen and oxygen atoms in total. The number of aryl methyl sites for hydroxylation is 1. The van der Waals surface area contributed by atoms with E-state index >= 15 is 0 Å². The maximum atomic E-state index is 12.6. The van der Waals surface area contributed by atoms with Crippen LogP contribution in [0.15, 0.2) is 6.33 Å². The van der Waals surface area contributed by atoms with Crippen LogP contribution in [-0.4, -0.2) is 83.8 Å². The molecule has 2 saturated heterocycles. The fourth-order valence-corrected chi connectivity index (χ4v) is 4.92. The minimum atomic E-state index is -3.61. The molecule has 0 unspecified atom stereocenters. The van der Waals surface area contributed by atoms with E-state index in [4.69, 9.17) is 21.1 Å². The van der Waals surface area contributed by atoms with E-state index in [1.165, 1.54) is 4.31 Å². The molecule has 0 radical (unpaired) electrons. The van der Waals surface area contributed by atoms with Gasteiger partial charge in [-0.3, -0.25) is 0 Å². The number of anilines is 1. The molecule has 160 valence electrons. The van der Waals surface area contributed by atoms with Crippen LogP contribution in [0.1, 0.15) is 13.3 Å². The first kappa shape index (κ1) is 20.7. The van der Waals surface area contributed by atoms with Crippen molar-refractivity contribution in [3.63, 3.8) is 0 Å². The van der Waals surface area contributed by atoms with Crippen LogP contribution in [0.4, 0.5) is 5.82 Å². The fourth-order valence-electron chi connectivity index (χ4n) is 3.45. The minimum Gasteiger partial charge on any atom is -0.376 e. The van der Waals surface area contributed by atoms with Gasteiger partial charge in [-0.05, 0) is 24.9 Å². The van der Waals surface area contributed by atoms with Crippen molar-refractivity contribution in [3.05, 3.63) is 11.6 Å². The van der Waals surface area contributed by atoms with E-state index in [0.717, 1.165) is 0 Å². The number of hydrogen-bond acceptors (Lipinski definition) is 8. The van der Waals surface area contributed by atoms with Crippen molar-refractivity contribution in [3.8, 4) is 0 Å². The summed E-state index contributed by atoms with van der Waals surface area (Å²) in [6.45, 7) is 5.01. The Kier molecular flexibility index (Phi) is 6.18. The third-order valence-corrected chi connectivity index (χ3v) is 6.70.